The maximum absolute atomic E-state index is 11.7. The van der Waals surface area contributed by atoms with Crippen LogP contribution in [0.15, 0.2) is 47.8 Å². The van der Waals surface area contributed by atoms with Crippen molar-refractivity contribution in [2.75, 3.05) is 0 Å². The van der Waals surface area contributed by atoms with Crippen LogP contribution in [0.3, 0.4) is 0 Å². The summed E-state index contributed by atoms with van der Waals surface area (Å²) in [6.07, 6.45) is 4.80. The molecule has 0 unspecified atom stereocenters. The summed E-state index contributed by atoms with van der Waals surface area (Å²) in [6.45, 7) is 4.03. The molecular weight excluding hydrogens is 238 g/mol. The second-order valence-electron chi connectivity index (χ2n) is 4.30. The predicted octanol–water partition coefficient (Wildman–Crippen LogP) is 2.46. The number of carbonyl (C=O) groups excluding carboxylic acids is 1. The van der Waals surface area contributed by atoms with Gasteiger partial charge in [0.2, 0.25) is 0 Å². The van der Waals surface area contributed by atoms with Gasteiger partial charge in [-0.2, -0.15) is 5.10 Å². The molecule has 96 valence electrons. The predicted molar refractivity (Wildman–Crippen MR) is 75.2 cm³/mol. The lowest BCUT2D eigenvalue weighted by molar-refractivity contribution is 0.0955. The lowest BCUT2D eigenvalue weighted by Crippen LogP contribution is -2.17. The Bertz CT molecular complexity index is 606. The summed E-state index contributed by atoms with van der Waals surface area (Å²) in [5.41, 5.74) is 6.31. The van der Waals surface area contributed by atoms with Gasteiger partial charge in [0, 0.05) is 18.0 Å². The molecule has 1 aromatic carbocycles. The zero-order valence-electron chi connectivity index (χ0n) is 10.9. The largest absolute Gasteiger partial charge is 0.271 e. The minimum Gasteiger partial charge on any atom is -0.267 e. The molecule has 0 atom stereocenters. The van der Waals surface area contributed by atoms with E-state index in [-0.39, 0.29) is 5.91 Å². The molecule has 0 saturated carbocycles. The first kappa shape index (κ1) is 13.0. The van der Waals surface area contributed by atoms with Crippen LogP contribution in [0.4, 0.5) is 0 Å². The number of aromatic nitrogens is 1. The molecule has 0 fully saturated rings. The molecule has 0 aliphatic heterocycles. The summed E-state index contributed by atoms with van der Waals surface area (Å²) in [7, 11) is 0. The van der Waals surface area contributed by atoms with Gasteiger partial charge >= 0.3 is 0 Å². The molecule has 4 nitrogen and oxygen atoms in total. The molecule has 2 rings (SSSR count). The molecule has 19 heavy (non-hydrogen) atoms. The highest BCUT2D eigenvalue weighted by Gasteiger charge is 2.02. The van der Waals surface area contributed by atoms with Gasteiger partial charge in [0.1, 0.15) is 0 Å². The lowest BCUT2D eigenvalue weighted by atomic mass is 10.1. The van der Waals surface area contributed by atoms with Crippen LogP contribution in [0.25, 0.3) is 0 Å². The Kier molecular flexibility index (Phi) is 4.03. The first-order chi connectivity index (χ1) is 9.16. The molecular formula is C15H15N3O. The van der Waals surface area contributed by atoms with Crippen LogP contribution in [0.1, 0.15) is 27.0 Å². The summed E-state index contributed by atoms with van der Waals surface area (Å²) >= 11 is 0. The van der Waals surface area contributed by atoms with E-state index in [1.54, 1.807) is 30.7 Å². The molecule has 2 aromatic rings. The van der Waals surface area contributed by atoms with Crippen molar-refractivity contribution in [2.24, 2.45) is 5.10 Å². The average Bonchev–Trinajstić information content (AvgIpc) is 2.43. The smallest absolute Gasteiger partial charge is 0.267 e. The number of rotatable bonds is 3. The van der Waals surface area contributed by atoms with Crippen LogP contribution >= 0.6 is 0 Å². The fraction of sp³-hybridized carbons (Fsp3) is 0.133. The van der Waals surface area contributed by atoms with E-state index >= 15 is 0 Å². The standard InChI is InChI=1S/C15H15N3O/c1-11-3-4-12(2)14(9-11)10-17-18-15(19)13-5-7-16-8-6-13/h3-10H,1-2H3,(H,18,19)/b17-10+. The maximum Gasteiger partial charge on any atom is 0.271 e. The molecule has 1 amide bonds. The van der Waals surface area contributed by atoms with Gasteiger partial charge in [-0.3, -0.25) is 9.78 Å². The molecule has 0 spiro atoms. The molecule has 1 aromatic heterocycles. The van der Waals surface area contributed by atoms with Crippen molar-refractivity contribution in [1.29, 1.82) is 0 Å². The minimum atomic E-state index is -0.246. The van der Waals surface area contributed by atoms with Crippen LogP contribution < -0.4 is 5.43 Å². The van der Waals surface area contributed by atoms with Crippen LogP contribution in [0.2, 0.25) is 0 Å². The molecule has 0 radical (unpaired) electrons. The van der Waals surface area contributed by atoms with Crippen LogP contribution in [-0.2, 0) is 0 Å². The molecule has 4 heteroatoms. The zero-order chi connectivity index (χ0) is 13.7. The number of pyridine rings is 1. The fourth-order valence-corrected chi connectivity index (χ4v) is 1.63. The van der Waals surface area contributed by atoms with Gasteiger partial charge in [-0.15, -0.1) is 0 Å². The summed E-state index contributed by atoms with van der Waals surface area (Å²) in [4.78, 5) is 15.6. The highest BCUT2D eigenvalue weighted by molar-refractivity contribution is 5.94. The first-order valence-corrected chi connectivity index (χ1v) is 5.97. The number of nitrogens with zero attached hydrogens (tertiary/aromatic N) is 2. The third kappa shape index (κ3) is 3.48. The summed E-state index contributed by atoms with van der Waals surface area (Å²) in [5.74, 6) is -0.246. The van der Waals surface area contributed by atoms with Crippen LogP contribution in [0, 0.1) is 13.8 Å². The van der Waals surface area contributed by atoms with Gasteiger partial charge in [-0.1, -0.05) is 23.8 Å². The van der Waals surface area contributed by atoms with Gasteiger partial charge < -0.3 is 0 Å². The van der Waals surface area contributed by atoms with E-state index in [0.717, 1.165) is 16.7 Å². The molecule has 1 heterocycles. The van der Waals surface area contributed by atoms with E-state index in [9.17, 15) is 4.79 Å². The third-order valence-corrected chi connectivity index (χ3v) is 2.75. The molecule has 0 bridgehead atoms. The summed E-state index contributed by atoms with van der Waals surface area (Å²) in [6, 6.07) is 9.38. The topological polar surface area (TPSA) is 54.4 Å². The Morgan fingerprint density at radius 2 is 1.95 bits per heavy atom. The number of hydrogen-bond acceptors (Lipinski definition) is 3. The number of benzene rings is 1. The minimum absolute atomic E-state index is 0.246. The highest BCUT2D eigenvalue weighted by Crippen LogP contribution is 2.07. The summed E-state index contributed by atoms with van der Waals surface area (Å²) in [5, 5.41) is 3.97. The van der Waals surface area contributed by atoms with E-state index in [0.29, 0.717) is 5.56 Å². The van der Waals surface area contributed by atoms with E-state index in [2.05, 4.69) is 15.5 Å². The number of nitrogens with one attached hydrogen (secondary N) is 1. The van der Waals surface area contributed by atoms with Gasteiger partial charge in [0.25, 0.3) is 5.91 Å². The van der Waals surface area contributed by atoms with Gasteiger partial charge in [-0.25, -0.2) is 5.43 Å². The Balaban J connectivity index is 2.04. The van der Waals surface area contributed by atoms with Crippen molar-refractivity contribution in [1.82, 2.24) is 10.4 Å². The molecule has 0 saturated heterocycles. The number of amides is 1. The van der Waals surface area contributed by atoms with Crippen LogP contribution in [0.5, 0.6) is 0 Å². The third-order valence-electron chi connectivity index (χ3n) is 2.75. The van der Waals surface area contributed by atoms with Crippen molar-refractivity contribution in [3.8, 4) is 0 Å². The van der Waals surface area contributed by atoms with Gasteiger partial charge in [-0.05, 0) is 37.1 Å². The van der Waals surface area contributed by atoms with E-state index in [1.165, 1.54) is 0 Å². The molecule has 1 N–H and O–H groups in total. The normalized spacial score (nSPS) is 10.6. The SMILES string of the molecule is Cc1ccc(C)c(/C=N/NC(=O)c2ccncc2)c1. The van der Waals surface area contributed by atoms with Gasteiger partial charge in [0.15, 0.2) is 0 Å². The maximum atomic E-state index is 11.7. The summed E-state index contributed by atoms with van der Waals surface area (Å²) < 4.78 is 0. The average molecular weight is 253 g/mol. The second kappa shape index (κ2) is 5.91. The molecule has 0 aliphatic carbocycles. The number of aryl methyl sites for hydroxylation is 2. The van der Waals surface area contributed by atoms with E-state index < -0.39 is 0 Å². The monoisotopic (exact) mass is 253 g/mol. The van der Waals surface area contributed by atoms with E-state index in [4.69, 9.17) is 0 Å². The number of hydrazone groups is 1. The van der Waals surface area contributed by atoms with Gasteiger partial charge in [0.05, 0.1) is 6.21 Å². The van der Waals surface area contributed by atoms with Crippen molar-refractivity contribution < 1.29 is 4.79 Å². The van der Waals surface area contributed by atoms with Crippen molar-refractivity contribution in [2.45, 2.75) is 13.8 Å². The number of carbonyl (C=O) groups is 1. The lowest BCUT2D eigenvalue weighted by Gasteiger charge is -2.02. The molecule has 0 aliphatic rings. The zero-order valence-corrected chi connectivity index (χ0v) is 10.9. The van der Waals surface area contributed by atoms with E-state index in [1.807, 2.05) is 32.0 Å². The van der Waals surface area contributed by atoms with Crippen molar-refractivity contribution in [3.63, 3.8) is 0 Å². The Labute approximate surface area is 112 Å². The van der Waals surface area contributed by atoms with Crippen molar-refractivity contribution >= 4 is 12.1 Å². The van der Waals surface area contributed by atoms with Crippen molar-refractivity contribution in [3.05, 3.63) is 65.0 Å². The van der Waals surface area contributed by atoms with Crippen LogP contribution in [-0.4, -0.2) is 17.1 Å². The fourth-order valence-electron chi connectivity index (χ4n) is 1.63. The quantitative estimate of drug-likeness (QED) is 0.674. The second-order valence-corrected chi connectivity index (χ2v) is 4.30. The highest BCUT2D eigenvalue weighted by atomic mass is 16.2. The first-order valence-electron chi connectivity index (χ1n) is 5.97. The Hall–Kier alpha value is -2.49. The Morgan fingerprint density at radius 1 is 1.21 bits per heavy atom. The Morgan fingerprint density at radius 3 is 2.68 bits per heavy atom. The number of hydrogen-bond donors (Lipinski definition) is 1.